The maximum atomic E-state index is 5.96. The zero-order valence-corrected chi connectivity index (χ0v) is 23.3. The van der Waals surface area contributed by atoms with Gasteiger partial charge in [-0.25, -0.2) is 19.9 Å². The molecule has 0 aliphatic rings. The van der Waals surface area contributed by atoms with Gasteiger partial charge in [-0.3, -0.25) is 0 Å². The van der Waals surface area contributed by atoms with Crippen LogP contribution in [0.3, 0.4) is 0 Å². The third-order valence-corrected chi connectivity index (χ3v) is 7.95. The molecule has 0 N–H and O–H groups in total. The Morgan fingerprint density at radius 3 is 1.30 bits per heavy atom. The standard InChI is InChI=1S/C38H22N4O2/c1-3-13-35-31(7-1)41-37(43-35)33-11-5-9-29(39-33)25-17-19-27-23(21-25)15-16-24-22-26(18-20-28(24)27)30-10-6-12-34(40-30)38-42-32-8-2-4-14-36(32)44-38/h1-22H. The fraction of sp³-hybridized carbons (Fsp3) is 0. The first-order valence-corrected chi connectivity index (χ1v) is 14.4. The largest absolute Gasteiger partial charge is 0.435 e. The lowest BCUT2D eigenvalue weighted by molar-refractivity contribution is 0.616. The highest BCUT2D eigenvalue weighted by atomic mass is 16.4. The van der Waals surface area contributed by atoms with Crippen molar-refractivity contribution in [1.29, 1.82) is 0 Å². The fourth-order valence-corrected chi connectivity index (χ4v) is 5.78. The second-order valence-electron chi connectivity index (χ2n) is 10.7. The molecule has 0 aliphatic carbocycles. The summed E-state index contributed by atoms with van der Waals surface area (Å²) >= 11 is 0. The van der Waals surface area contributed by atoms with E-state index in [1.54, 1.807) is 0 Å². The highest BCUT2D eigenvalue weighted by molar-refractivity contribution is 6.09. The normalized spacial score (nSPS) is 11.6. The molecule has 0 saturated heterocycles. The van der Waals surface area contributed by atoms with Gasteiger partial charge in [0, 0.05) is 11.1 Å². The quantitative estimate of drug-likeness (QED) is 0.197. The van der Waals surface area contributed by atoms with Crippen LogP contribution in [0.5, 0.6) is 0 Å². The lowest BCUT2D eigenvalue weighted by Gasteiger charge is -2.09. The van der Waals surface area contributed by atoms with E-state index in [0.717, 1.165) is 55.5 Å². The molecule has 0 unspecified atom stereocenters. The second-order valence-corrected chi connectivity index (χ2v) is 10.7. The minimum atomic E-state index is 0.518. The van der Waals surface area contributed by atoms with Crippen LogP contribution in [0.2, 0.25) is 0 Å². The first-order valence-electron chi connectivity index (χ1n) is 14.4. The summed E-state index contributed by atoms with van der Waals surface area (Å²) in [7, 11) is 0. The molecule has 44 heavy (non-hydrogen) atoms. The monoisotopic (exact) mass is 566 g/mol. The minimum Gasteiger partial charge on any atom is -0.435 e. The van der Waals surface area contributed by atoms with E-state index >= 15 is 0 Å². The van der Waals surface area contributed by atoms with Crippen molar-refractivity contribution in [2.45, 2.75) is 0 Å². The number of aromatic nitrogens is 4. The molecule has 5 aromatic carbocycles. The number of oxazole rings is 2. The van der Waals surface area contributed by atoms with Crippen molar-refractivity contribution in [3.05, 3.63) is 133 Å². The summed E-state index contributed by atoms with van der Waals surface area (Å²) < 4.78 is 11.9. The Labute approximate surface area is 251 Å². The molecule has 0 bridgehead atoms. The molecule has 0 amide bonds. The minimum absolute atomic E-state index is 0.518. The number of pyridine rings is 2. The molecule has 0 saturated carbocycles. The molecular formula is C38H22N4O2. The van der Waals surface area contributed by atoms with Gasteiger partial charge in [-0.1, -0.05) is 72.8 Å². The van der Waals surface area contributed by atoms with E-state index in [2.05, 4.69) is 58.5 Å². The molecule has 4 aromatic heterocycles. The molecular weight excluding hydrogens is 544 g/mol. The lowest BCUT2D eigenvalue weighted by atomic mass is 9.97. The van der Waals surface area contributed by atoms with Gasteiger partial charge in [0.15, 0.2) is 11.2 Å². The Morgan fingerprint density at radius 1 is 0.364 bits per heavy atom. The van der Waals surface area contributed by atoms with Crippen LogP contribution in [0.1, 0.15) is 0 Å². The Balaban J connectivity index is 1.06. The van der Waals surface area contributed by atoms with Gasteiger partial charge in [0.2, 0.25) is 11.8 Å². The maximum Gasteiger partial charge on any atom is 0.246 e. The molecule has 9 aromatic rings. The van der Waals surface area contributed by atoms with E-state index in [1.165, 1.54) is 10.8 Å². The molecule has 9 rings (SSSR count). The second kappa shape index (κ2) is 9.71. The summed E-state index contributed by atoms with van der Waals surface area (Å²) in [5.74, 6) is 1.04. The van der Waals surface area contributed by atoms with E-state index in [4.69, 9.17) is 18.8 Å². The van der Waals surface area contributed by atoms with E-state index in [1.807, 2.05) is 84.9 Å². The van der Waals surface area contributed by atoms with Gasteiger partial charge in [0.05, 0.1) is 11.4 Å². The first-order chi connectivity index (χ1) is 21.7. The van der Waals surface area contributed by atoms with Crippen LogP contribution >= 0.6 is 0 Å². The third-order valence-electron chi connectivity index (χ3n) is 7.95. The Kier molecular flexibility index (Phi) is 5.40. The van der Waals surface area contributed by atoms with Gasteiger partial charge in [-0.05, 0) is 82.2 Å². The summed E-state index contributed by atoms with van der Waals surface area (Å²) in [6.45, 7) is 0. The first kappa shape index (κ1) is 24.5. The predicted molar refractivity (Wildman–Crippen MR) is 174 cm³/mol. The Bertz CT molecular complexity index is 2290. The zero-order chi connectivity index (χ0) is 29.0. The summed E-state index contributed by atoms with van der Waals surface area (Å²) in [6, 6.07) is 44.7. The van der Waals surface area contributed by atoms with Crippen molar-refractivity contribution in [3.63, 3.8) is 0 Å². The van der Waals surface area contributed by atoms with Crippen LogP contribution in [0.4, 0.5) is 0 Å². The molecule has 6 heteroatoms. The van der Waals surface area contributed by atoms with Crippen molar-refractivity contribution < 1.29 is 8.83 Å². The molecule has 0 spiro atoms. The summed E-state index contributed by atoms with van der Waals surface area (Å²) in [6.07, 6.45) is 0. The average molecular weight is 567 g/mol. The molecule has 4 heterocycles. The molecule has 206 valence electrons. The number of fused-ring (bicyclic) bond motifs is 5. The van der Waals surface area contributed by atoms with E-state index in [0.29, 0.717) is 23.2 Å². The molecule has 6 nitrogen and oxygen atoms in total. The summed E-state index contributed by atoms with van der Waals surface area (Å²) in [5, 5.41) is 4.66. The highest BCUT2D eigenvalue weighted by Crippen LogP contribution is 2.33. The van der Waals surface area contributed by atoms with Crippen LogP contribution in [-0.2, 0) is 0 Å². The predicted octanol–water partition coefficient (Wildman–Crippen LogP) is 9.73. The Morgan fingerprint density at radius 2 is 0.818 bits per heavy atom. The van der Waals surface area contributed by atoms with Crippen molar-refractivity contribution in [2.75, 3.05) is 0 Å². The van der Waals surface area contributed by atoms with Gasteiger partial charge in [0.1, 0.15) is 22.4 Å². The van der Waals surface area contributed by atoms with Crippen molar-refractivity contribution in [3.8, 4) is 45.7 Å². The number of para-hydroxylation sites is 4. The van der Waals surface area contributed by atoms with Gasteiger partial charge in [-0.15, -0.1) is 0 Å². The van der Waals surface area contributed by atoms with E-state index in [9.17, 15) is 0 Å². The third kappa shape index (κ3) is 4.12. The lowest BCUT2D eigenvalue weighted by Crippen LogP contribution is -1.89. The maximum absolute atomic E-state index is 5.96. The van der Waals surface area contributed by atoms with E-state index in [-0.39, 0.29) is 0 Å². The number of benzene rings is 5. The summed E-state index contributed by atoms with van der Waals surface area (Å²) in [4.78, 5) is 19.0. The number of nitrogens with zero attached hydrogens (tertiary/aromatic N) is 4. The topological polar surface area (TPSA) is 77.8 Å². The van der Waals surface area contributed by atoms with Crippen molar-refractivity contribution in [1.82, 2.24) is 19.9 Å². The van der Waals surface area contributed by atoms with Crippen molar-refractivity contribution >= 4 is 43.7 Å². The van der Waals surface area contributed by atoms with Crippen molar-refractivity contribution in [2.24, 2.45) is 0 Å². The molecule has 0 fully saturated rings. The average Bonchev–Trinajstić information content (AvgIpc) is 3.73. The molecule has 0 aliphatic heterocycles. The van der Waals surface area contributed by atoms with Gasteiger partial charge in [0.25, 0.3) is 0 Å². The smallest absolute Gasteiger partial charge is 0.246 e. The molecule has 0 radical (unpaired) electrons. The SMILES string of the molecule is c1cc(-c2ccc3c(ccc4cc(-c5cccc(-c6nc7ccccc7o6)n5)ccc43)c2)nc(-c2nc3ccccc3o2)c1. The number of rotatable bonds is 4. The van der Waals surface area contributed by atoms with Gasteiger partial charge < -0.3 is 8.83 Å². The van der Waals surface area contributed by atoms with Crippen LogP contribution in [0, 0.1) is 0 Å². The Hall–Kier alpha value is -6.14. The number of hydrogen-bond acceptors (Lipinski definition) is 6. The van der Waals surface area contributed by atoms with Crippen LogP contribution in [-0.4, -0.2) is 19.9 Å². The van der Waals surface area contributed by atoms with Gasteiger partial charge in [-0.2, -0.15) is 0 Å². The highest BCUT2D eigenvalue weighted by Gasteiger charge is 2.13. The van der Waals surface area contributed by atoms with E-state index < -0.39 is 0 Å². The van der Waals surface area contributed by atoms with Crippen LogP contribution in [0.15, 0.2) is 142 Å². The number of hydrogen-bond donors (Lipinski definition) is 0. The fourth-order valence-electron chi connectivity index (χ4n) is 5.78. The van der Waals surface area contributed by atoms with Crippen LogP contribution in [0.25, 0.3) is 89.4 Å². The summed E-state index contributed by atoms with van der Waals surface area (Å²) in [5.41, 5.74) is 8.36. The zero-order valence-electron chi connectivity index (χ0n) is 23.3. The molecule has 0 atom stereocenters. The van der Waals surface area contributed by atoms with Crippen LogP contribution < -0.4 is 0 Å². The van der Waals surface area contributed by atoms with Gasteiger partial charge >= 0.3 is 0 Å².